The molecule has 0 heterocycles. The highest BCUT2D eigenvalue weighted by atomic mass is 16.4. The van der Waals surface area contributed by atoms with Gasteiger partial charge in [0.05, 0.1) is 6.10 Å². The molecule has 0 fully saturated rings. The van der Waals surface area contributed by atoms with E-state index in [0.29, 0.717) is 0 Å². The molecule has 33 heavy (non-hydrogen) atoms. The molecule has 0 aliphatic heterocycles. The number of carbonyl (C=O) groups is 6. The maximum Gasteiger partial charge on any atom is 0.326 e. The summed E-state index contributed by atoms with van der Waals surface area (Å²) in [5.41, 5.74) is 5.51. The summed E-state index contributed by atoms with van der Waals surface area (Å²) >= 11 is 0. The topological polar surface area (TPSA) is 245 Å². The summed E-state index contributed by atoms with van der Waals surface area (Å²) in [6, 6.07) is -5.69. The van der Waals surface area contributed by atoms with Crippen molar-refractivity contribution in [2.45, 2.75) is 76.7 Å². The van der Waals surface area contributed by atoms with E-state index in [0.717, 1.165) is 0 Å². The number of rotatable bonds is 15. The highest BCUT2D eigenvalue weighted by molar-refractivity contribution is 5.94. The number of carboxylic acids is 3. The average molecular weight is 476 g/mol. The summed E-state index contributed by atoms with van der Waals surface area (Å²) in [4.78, 5) is 70.7. The molecular formula is C19H32N4O10. The third-order valence-corrected chi connectivity index (χ3v) is 4.61. The highest BCUT2D eigenvalue weighted by Crippen LogP contribution is 2.07. The molecule has 0 rings (SSSR count). The second kappa shape index (κ2) is 14.0. The van der Waals surface area contributed by atoms with Crippen LogP contribution in [0.1, 0.15) is 46.5 Å². The van der Waals surface area contributed by atoms with Crippen molar-refractivity contribution in [3.05, 3.63) is 0 Å². The lowest BCUT2D eigenvalue weighted by Gasteiger charge is -2.26. The normalized spacial score (nSPS) is 15.5. The first-order chi connectivity index (χ1) is 15.2. The van der Waals surface area contributed by atoms with Gasteiger partial charge in [0.2, 0.25) is 17.7 Å². The predicted octanol–water partition coefficient (Wildman–Crippen LogP) is -2.38. The molecule has 0 saturated carbocycles. The van der Waals surface area contributed by atoms with E-state index in [-0.39, 0.29) is 0 Å². The Labute approximate surface area is 189 Å². The van der Waals surface area contributed by atoms with Crippen LogP contribution >= 0.6 is 0 Å². The van der Waals surface area contributed by atoms with Crippen molar-refractivity contribution in [1.82, 2.24) is 16.0 Å². The smallest absolute Gasteiger partial charge is 0.326 e. The van der Waals surface area contributed by atoms with Gasteiger partial charge in [-0.15, -0.1) is 0 Å². The molecule has 0 aromatic carbocycles. The quantitative estimate of drug-likeness (QED) is 0.124. The first-order valence-electron chi connectivity index (χ1n) is 10.2. The molecule has 0 aliphatic carbocycles. The van der Waals surface area contributed by atoms with Gasteiger partial charge in [-0.1, -0.05) is 13.8 Å². The number of aliphatic hydroxyl groups is 1. The van der Waals surface area contributed by atoms with Crippen molar-refractivity contribution in [2.75, 3.05) is 0 Å². The monoisotopic (exact) mass is 476 g/mol. The molecule has 14 nitrogen and oxygen atoms in total. The van der Waals surface area contributed by atoms with Crippen LogP contribution in [-0.2, 0) is 28.8 Å². The van der Waals surface area contributed by atoms with Gasteiger partial charge in [0, 0.05) is 12.8 Å². The summed E-state index contributed by atoms with van der Waals surface area (Å²) in [6.45, 7) is 4.30. The molecule has 14 heteroatoms. The van der Waals surface area contributed by atoms with Gasteiger partial charge in [-0.05, 0) is 25.7 Å². The third kappa shape index (κ3) is 11.2. The summed E-state index contributed by atoms with van der Waals surface area (Å²) in [7, 11) is 0. The molecule has 0 saturated heterocycles. The zero-order valence-electron chi connectivity index (χ0n) is 18.6. The lowest BCUT2D eigenvalue weighted by molar-refractivity contribution is -0.144. The third-order valence-electron chi connectivity index (χ3n) is 4.61. The lowest BCUT2D eigenvalue weighted by atomic mass is 10.0. The summed E-state index contributed by atoms with van der Waals surface area (Å²) in [6.07, 6.45) is -3.15. The minimum absolute atomic E-state index is 0.392. The van der Waals surface area contributed by atoms with E-state index in [9.17, 15) is 39.0 Å². The Balaban J connectivity index is 5.63. The highest BCUT2D eigenvalue weighted by Gasteiger charge is 2.32. The molecule has 188 valence electrons. The van der Waals surface area contributed by atoms with Crippen LogP contribution in [0, 0.1) is 5.92 Å². The molecule has 0 aromatic heterocycles. The number of hydrogen-bond donors (Lipinski definition) is 8. The molecule has 0 aromatic rings. The van der Waals surface area contributed by atoms with E-state index < -0.39 is 97.5 Å². The average Bonchev–Trinajstić information content (AvgIpc) is 2.69. The van der Waals surface area contributed by atoms with Crippen LogP contribution in [0.3, 0.4) is 0 Å². The fourth-order valence-electron chi connectivity index (χ4n) is 2.60. The van der Waals surface area contributed by atoms with Crippen molar-refractivity contribution < 1.29 is 49.2 Å². The Bertz CT molecular complexity index is 740. The number of nitrogens with two attached hydrogens (primary N) is 1. The van der Waals surface area contributed by atoms with Gasteiger partial charge < -0.3 is 42.1 Å². The summed E-state index contributed by atoms with van der Waals surface area (Å²) in [5, 5.41) is 43.2. The standard InChI is InChI=1S/C19H32N4O10/c1-8(2)15(19(32)33)23-17(30)11(5-7-13(27)28)21-16(29)10(4-6-12(25)26)22-18(31)14(20)9(3)24/h8-11,14-15,24H,4-7,20H2,1-3H3,(H,21,29)(H,22,31)(H,23,30)(H,25,26)(H,27,28)(H,32,33). The molecule has 0 aliphatic rings. The van der Waals surface area contributed by atoms with Gasteiger partial charge >= 0.3 is 17.9 Å². The Morgan fingerprint density at radius 2 is 1.12 bits per heavy atom. The Hall–Kier alpha value is -3.26. The fraction of sp³-hybridized carbons (Fsp3) is 0.684. The first kappa shape index (κ1) is 29.7. The van der Waals surface area contributed by atoms with E-state index in [4.69, 9.17) is 15.9 Å². The number of aliphatic carboxylic acids is 3. The maximum atomic E-state index is 12.7. The number of carbonyl (C=O) groups excluding carboxylic acids is 3. The van der Waals surface area contributed by atoms with Crippen molar-refractivity contribution in [3.63, 3.8) is 0 Å². The van der Waals surface area contributed by atoms with Crippen LogP contribution in [0.25, 0.3) is 0 Å². The lowest BCUT2D eigenvalue weighted by Crippen LogP contribution is -2.58. The number of aliphatic hydroxyl groups excluding tert-OH is 1. The Morgan fingerprint density at radius 3 is 1.45 bits per heavy atom. The number of carboxylic acid groups (broad SMARTS) is 3. The van der Waals surface area contributed by atoms with Gasteiger partial charge in [-0.2, -0.15) is 0 Å². The van der Waals surface area contributed by atoms with Crippen LogP contribution < -0.4 is 21.7 Å². The summed E-state index contributed by atoms with van der Waals surface area (Å²) < 4.78 is 0. The molecular weight excluding hydrogens is 444 g/mol. The Morgan fingerprint density at radius 1 is 0.727 bits per heavy atom. The van der Waals surface area contributed by atoms with Crippen LogP contribution in [0.4, 0.5) is 0 Å². The van der Waals surface area contributed by atoms with Gasteiger partial charge in [0.25, 0.3) is 0 Å². The minimum Gasteiger partial charge on any atom is -0.481 e. The largest absolute Gasteiger partial charge is 0.481 e. The second-order valence-corrected chi connectivity index (χ2v) is 7.82. The van der Waals surface area contributed by atoms with Crippen molar-refractivity contribution in [2.24, 2.45) is 11.7 Å². The van der Waals surface area contributed by atoms with Crippen molar-refractivity contribution in [1.29, 1.82) is 0 Å². The van der Waals surface area contributed by atoms with E-state index in [1.807, 2.05) is 0 Å². The molecule has 9 N–H and O–H groups in total. The SMILES string of the molecule is CC(C)C(NC(=O)C(CCC(=O)O)NC(=O)C(CCC(=O)O)NC(=O)C(N)C(C)O)C(=O)O. The zero-order valence-corrected chi connectivity index (χ0v) is 18.6. The van der Waals surface area contributed by atoms with Gasteiger partial charge in [-0.25, -0.2) is 4.79 Å². The van der Waals surface area contributed by atoms with Crippen LogP contribution in [0.2, 0.25) is 0 Å². The van der Waals surface area contributed by atoms with E-state index in [2.05, 4.69) is 16.0 Å². The summed E-state index contributed by atoms with van der Waals surface area (Å²) in [5.74, 6) is -7.33. The molecule has 0 bridgehead atoms. The van der Waals surface area contributed by atoms with Gasteiger partial charge in [-0.3, -0.25) is 24.0 Å². The van der Waals surface area contributed by atoms with Crippen LogP contribution in [-0.4, -0.2) is 86.3 Å². The molecule has 3 amide bonds. The Kier molecular flexibility index (Phi) is 12.6. The number of nitrogens with one attached hydrogen (secondary N) is 3. The van der Waals surface area contributed by atoms with Crippen molar-refractivity contribution >= 4 is 35.6 Å². The van der Waals surface area contributed by atoms with Crippen LogP contribution in [0.5, 0.6) is 0 Å². The fourth-order valence-corrected chi connectivity index (χ4v) is 2.60. The van der Waals surface area contributed by atoms with E-state index >= 15 is 0 Å². The molecule has 5 unspecified atom stereocenters. The maximum absolute atomic E-state index is 12.7. The molecule has 5 atom stereocenters. The minimum atomic E-state index is -1.48. The molecule has 0 radical (unpaired) electrons. The molecule has 0 spiro atoms. The first-order valence-corrected chi connectivity index (χ1v) is 10.2. The number of amides is 3. The van der Waals surface area contributed by atoms with Crippen molar-refractivity contribution in [3.8, 4) is 0 Å². The second-order valence-electron chi connectivity index (χ2n) is 7.82. The van der Waals surface area contributed by atoms with E-state index in [1.165, 1.54) is 20.8 Å². The van der Waals surface area contributed by atoms with Gasteiger partial charge in [0.15, 0.2) is 0 Å². The van der Waals surface area contributed by atoms with Gasteiger partial charge in [0.1, 0.15) is 24.2 Å². The predicted molar refractivity (Wildman–Crippen MR) is 112 cm³/mol. The van der Waals surface area contributed by atoms with E-state index in [1.54, 1.807) is 0 Å². The number of hydrogen-bond acceptors (Lipinski definition) is 8. The van der Waals surface area contributed by atoms with Crippen LogP contribution in [0.15, 0.2) is 0 Å². The zero-order chi connectivity index (χ0) is 25.9.